The number of nitrogens with zero attached hydrogens (tertiary/aromatic N) is 2. The smallest absolute Gasteiger partial charge is 0.360 e. The topological polar surface area (TPSA) is 90.3 Å². The van der Waals surface area contributed by atoms with Crippen LogP contribution in [0, 0.1) is 5.92 Å². The predicted octanol–water partition coefficient (Wildman–Crippen LogP) is 3.23. The molecule has 1 aliphatic rings. The Labute approximate surface area is 180 Å². The van der Waals surface area contributed by atoms with Crippen molar-refractivity contribution in [2.24, 2.45) is 5.92 Å². The van der Waals surface area contributed by atoms with Crippen LogP contribution in [-0.2, 0) is 16.1 Å². The van der Waals surface area contributed by atoms with Gasteiger partial charge in [0.1, 0.15) is 0 Å². The molecule has 7 nitrogen and oxygen atoms in total. The molecule has 1 fully saturated rings. The molecule has 160 valence electrons. The van der Waals surface area contributed by atoms with E-state index in [1.54, 1.807) is 48.5 Å². The number of rotatable bonds is 7. The van der Waals surface area contributed by atoms with E-state index in [9.17, 15) is 14.4 Å². The molecule has 1 atom stereocenters. The van der Waals surface area contributed by atoms with E-state index in [4.69, 9.17) is 4.74 Å². The summed E-state index contributed by atoms with van der Waals surface area (Å²) >= 11 is 0. The molecule has 0 unspecified atom stereocenters. The van der Waals surface area contributed by atoms with Gasteiger partial charge in [-0.1, -0.05) is 62.4 Å². The molecule has 2 aromatic carbocycles. The van der Waals surface area contributed by atoms with Crippen LogP contribution in [0.2, 0.25) is 0 Å². The number of hydrogen-bond donors (Lipinski definition) is 1. The normalized spacial score (nSPS) is 14.4. The Bertz CT molecular complexity index is 1170. The zero-order chi connectivity index (χ0) is 22.0. The molecule has 3 aromatic rings. The molecule has 1 amide bonds. The second-order valence-electron chi connectivity index (χ2n) is 8.25. The number of aromatic nitrogens is 2. The number of ether oxygens (including phenoxy) is 1. The maximum Gasteiger partial charge on any atom is 0.360 e. The summed E-state index contributed by atoms with van der Waals surface area (Å²) in [5.74, 6) is -0.938. The number of hydrogen-bond acceptors (Lipinski definition) is 5. The van der Waals surface area contributed by atoms with E-state index < -0.39 is 12.1 Å². The third kappa shape index (κ3) is 4.66. The van der Waals surface area contributed by atoms with Gasteiger partial charge in [-0.05, 0) is 24.8 Å². The molecule has 1 aromatic heterocycles. The highest BCUT2D eigenvalue weighted by molar-refractivity contribution is 6.03. The first-order valence-electron chi connectivity index (χ1n) is 10.5. The van der Waals surface area contributed by atoms with Gasteiger partial charge in [0.25, 0.3) is 11.5 Å². The zero-order valence-electron chi connectivity index (χ0n) is 17.6. The number of benzene rings is 2. The average molecular weight is 419 g/mol. The zero-order valence-corrected chi connectivity index (χ0v) is 17.6. The molecule has 4 rings (SSSR count). The Hall–Kier alpha value is -3.48. The van der Waals surface area contributed by atoms with Crippen LogP contribution in [0.5, 0.6) is 0 Å². The van der Waals surface area contributed by atoms with Crippen LogP contribution in [0.25, 0.3) is 10.8 Å². The Kier molecular flexibility index (Phi) is 5.84. The lowest BCUT2D eigenvalue weighted by molar-refractivity contribution is -0.130. The summed E-state index contributed by atoms with van der Waals surface area (Å²) in [7, 11) is 0. The van der Waals surface area contributed by atoms with Crippen LogP contribution in [0.4, 0.5) is 0 Å². The first kappa shape index (κ1) is 20.8. The van der Waals surface area contributed by atoms with Crippen LogP contribution in [-0.4, -0.2) is 27.7 Å². The first-order chi connectivity index (χ1) is 14.9. The number of fused-ring (bicyclic) bond motifs is 1. The van der Waals surface area contributed by atoms with Crippen molar-refractivity contribution < 1.29 is 14.3 Å². The molecule has 1 N–H and O–H groups in total. The van der Waals surface area contributed by atoms with Crippen molar-refractivity contribution in [1.29, 1.82) is 0 Å². The maximum atomic E-state index is 13.2. The minimum atomic E-state index is -1.10. The van der Waals surface area contributed by atoms with Crippen molar-refractivity contribution in [2.75, 3.05) is 0 Å². The van der Waals surface area contributed by atoms with Crippen LogP contribution < -0.4 is 10.9 Å². The summed E-state index contributed by atoms with van der Waals surface area (Å²) in [4.78, 5) is 38.8. The molecule has 0 radical (unpaired) electrons. The van der Waals surface area contributed by atoms with E-state index in [1.165, 1.54) is 4.68 Å². The van der Waals surface area contributed by atoms with E-state index >= 15 is 0 Å². The van der Waals surface area contributed by atoms with Gasteiger partial charge in [-0.15, -0.1) is 0 Å². The third-order valence-corrected chi connectivity index (χ3v) is 5.09. The molecule has 1 aliphatic carbocycles. The monoisotopic (exact) mass is 419 g/mol. The van der Waals surface area contributed by atoms with Crippen molar-refractivity contribution in [3.05, 3.63) is 76.2 Å². The Morgan fingerprint density at radius 3 is 2.35 bits per heavy atom. The van der Waals surface area contributed by atoms with Gasteiger partial charge in [-0.3, -0.25) is 9.59 Å². The van der Waals surface area contributed by atoms with E-state index in [2.05, 4.69) is 10.4 Å². The predicted molar refractivity (Wildman–Crippen MR) is 117 cm³/mol. The molecular formula is C24H25N3O4. The standard InChI is InChI=1S/C24H25N3O4/c1-15(2)14-27-23(29)19-11-7-6-10-18(19)20(26-27)24(30)31-21(16-8-4-3-5-9-16)22(28)25-17-12-13-17/h3-11,15,17,21H,12-14H2,1-2H3,(H,25,28)/t21-/m0/s1. The third-order valence-electron chi connectivity index (χ3n) is 5.09. The van der Waals surface area contributed by atoms with Crippen molar-refractivity contribution >= 4 is 22.6 Å². The number of nitrogens with one attached hydrogen (secondary N) is 1. The minimum Gasteiger partial charge on any atom is -0.442 e. The SMILES string of the molecule is CC(C)Cn1nc(C(=O)O[C@H](C(=O)NC2CC2)c2ccccc2)c2ccccc2c1=O. The van der Waals surface area contributed by atoms with Gasteiger partial charge in [0.05, 0.1) is 5.39 Å². The summed E-state index contributed by atoms with van der Waals surface area (Å²) in [6, 6.07) is 15.8. The Morgan fingerprint density at radius 2 is 1.71 bits per heavy atom. The lowest BCUT2D eigenvalue weighted by Crippen LogP contribution is -2.34. The van der Waals surface area contributed by atoms with E-state index in [1.807, 2.05) is 19.9 Å². The fourth-order valence-corrected chi connectivity index (χ4v) is 3.42. The largest absolute Gasteiger partial charge is 0.442 e. The lowest BCUT2D eigenvalue weighted by Gasteiger charge is -2.19. The number of carbonyl (C=O) groups is 2. The van der Waals surface area contributed by atoms with Crippen molar-refractivity contribution in [3.8, 4) is 0 Å². The van der Waals surface area contributed by atoms with Gasteiger partial charge in [-0.2, -0.15) is 5.10 Å². The van der Waals surface area contributed by atoms with Crippen molar-refractivity contribution in [2.45, 2.75) is 45.4 Å². The van der Waals surface area contributed by atoms with Crippen molar-refractivity contribution in [3.63, 3.8) is 0 Å². The Balaban J connectivity index is 1.72. The van der Waals surface area contributed by atoms with Gasteiger partial charge in [0, 0.05) is 23.5 Å². The van der Waals surface area contributed by atoms with Gasteiger partial charge in [0.2, 0.25) is 6.10 Å². The fourth-order valence-electron chi connectivity index (χ4n) is 3.42. The van der Waals surface area contributed by atoms with Crippen LogP contribution in [0.1, 0.15) is 48.8 Å². The molecule has 0 bridgehead atoms. The summed E-state index contributed by atoms with van der Waals surface area (Å²) in [5, 5.41) is 8.02. The second kappa shape index (κ2) is 8.71. The minimum absolute atomic E-state index is 0.0241. The van der Waals surface area contributed by atoms with Crippen LogP contribution in [0.3, 0.4) is 0 Å². The van der Waals surface area contributed by atoms with Gasteiger partial charge in [-0.25, -0.2) is 9.48 Å². The fraction of sp³-hybridized carbons (Fsp3) is 0.333. The van der Waals surface area contributed by atoms with E-state index in [0.717, 1.165) is 12.8 Å². The molecule has 31 heavy (non-hydrogen) atoms. The van der Waals surface area contributed by atoms with Crippen molar-refractivity contribution in [1.82, 2.24) is 15.1 Å². The lowest BCUT2D eigenvalue weighted by atomic mass is 10.1. The average Bonchev–Trinajstić information content (AvgIpc) is 3.58. The van der Waals surface area contributed by atoms with Gasteiger partial charge in [0.15, 0.2) is 5.69 Å². The Morgan fingerprint density at radius 1 is 1.06 bits per heavy atom. The number of amides is 1. The molecule has 0 saturated heterocycles. The van der Waals surface area contributed by atoms with Crippen LogP contribution in [0.15, 0.2) is 59.4 Å². The van der Waals surface area contributed by atoms with E-state index in [0.29, 0.717) is 22.9 Å². The molecule has 0 aliphatic heterocycles. The maximum absolute atomic E-state index is 13.2. The summed E-state index contributed by atoms with van der Waals surface area (Å²) in [6.07, 6.45) is 0.751. The highest BCUT2D eigenvalue weighted by Crippen LogP contribution is 2.25. The molecule has 1 heterocycles. The second-order valence-corrected chi connectivity index (χ2v) is 8.25. The van der Waals surface area contributed by atoms with E-state index in [-0.39, 0.29) is 29.1 Å². The molecular weight excluding hydrogens is 394 g/mol. The van der Waals surface area contributed by atoms with Gasteiger partial charge < -0.3 is 10.1 Å². The summed E-state index contributed by atoms with van der Waals surface area (Å²) in [6.45, 7) is 4.30. The molecule has 1 saturated carbocycles. The molecule has 7 heteroatoms. The number of esters is 1. The summed E-state index contributed by atoms with van der Waals surface area (Å²) < 4.78 is 6.99. The highest BCUT2D eigenvalue weighted by atomic mass is 16.5. The van der Waals surface area contributed by atoms with Gasteiger partial charge >= 0.3 is 5.97 Å². The summed E-state index contributed by atoms with van der Waals surface area (Å²) in [5.41, 5.74) is 0.344. The molecule has 0 spiro atoms. The number of carbonyl (C=O) groups excluding carboxylic acids is 2. The first-order valence-corrected chi connectivity index (χ1v) is 10.5. The quantitative estimate of drug-likeness (QED) is 0.594. The highest BCUT2D eigenvalue weighted by Gasteiger charge is 2.32. The van der Waals surface area contributed by atoms with Crippen LogP contribution >= 0.6 is 0 Å².